The van der Waals surface area contributed by atoms with Gasteiger partial charge in [-0.1, -0.05) is 26.7 Å². The summed E-state index contributed by atoms with van der Waals surface area (Å²) in [7, 11) is 0. The van der Waals surface area contributed by atoms with E-state index in [2.05, 4.69) is 37.9 Å². The van der Waals surface area contributed by atoms with E-state index in [1.54, 1.807) is 0 Å². The average Bonchev–Trinajstić information content (AvgIpc) is 2.44. The summed E-state index contributed by atoms with van der Waals surface area (Å²) in [5, 5.41) is 3.07. The lowest BCUT2D eigenvalue weighted by atomic mass is 9.90. The van der Waals surface area contributed by atoms with Crippen LogP contribution >= 0.6 is 0 Å². The van der Waals surface area contributed by atoms with Crippen molar-refractivity contribution in [2.24, 2.45) is 11.7 Å². The summed E-state index contributed by atoms with van der Waals surface area (Å²) in [6.45, 7) is 13.5. The molecule has 0 saturated carbocycles. The molecule has 0 aliphatic carbocycles. The van der Waals surface area contributed by atoms with Gasteiger partial charge in [-0.3, -0.25) is 9.69 Å². The third-order valence-corrected chi connectivity index (χ3v) is 4.92. The van der Waals surface area contributed by atoms with Crippen LogP contribution in [0.2, 0.25) is 0 Å². The van der Waals surface area contributed by atoms with Gasteiger partial charge in [0.25, 0.3) is 0 Å². The summed E-state index contributed by atoms with van der Waals surface area (Å²) in [6.07, 6.45) is 5.50. The van der Waals surface area contributed by atoms with Crippen molar-refractivity contribution in [3.63, 3.8) is 0 Å². The van der Waals surface area contributed by atoms with Gasteiger partial charge in [-0.15, -0.1) is 0 Å². The Bertz CT molecular complexity index is 339. The van der Waals surface area contributed by atoms with Crippen molar-refractivity contribution >= 4 is 5.91 Å². The molecule has 2 atom stereocenters. The second-order valence-electron chi connectivity index (χ2n) is 7.53. The van der Waals surface area contributed by atoms with Crippen LogP contribution in [0.25, 0.3) is 0 Å². The highest BCUT2D eigenvalue weighted by Crippen LogP contribution is 2.25. The molecular formula is C17H35N3O. The molecule has 1 saturated heterocycles. The van der Waals surface area contributed by atoms with Gasteiger partial charge >= 0.3 is 0 Å². The van der Waals surface area contributed by atoms with Gasteiger partial charge in [-0.2, -0.15) is 0 Å². The van der Waals surface area contributed by atoms with E-state index < -0.39 is 5.54 Å². The van der Waals surface area contributed by atoms with E-state index >= 15 is 0 Å². The van der Waals surface area contributed by atoms with E-state index in [1.807, 2.05) is 6.92 Å². The minimum Gasteiger partial charge on any atom is -0.353 e. The second kappa shape index (κ2) is 7.59. The molecule has 0 aromatic carbocycles. The van der Waals surface area contributed by atoms with E-state index in [0.717, 1.165) is 31.8 Å². The maximum Gasteiger partial charge on any atom is 0.239 e. The number of nitrogens with one attached hydrogen (secondary N) is 1. The number of rotatable bonds is 7. The molecule has 4 heteroatoms. The molecule has 1 heterocycles. The number of likely N-dealkylation sites (tertiary alicyclic amines) is 1. The van der Waals surface area contributed by atoms with Crippen LogP contribution in [-0.2, 0) is 4.79 Å². The first-order valence-corrected chi connectivity index (χ1v) is 8.55. The fourth-order valence-electron chi connectivity index (χ4n) is 3.19. The SMILES string of the molecule is CCCC(C)(N)C(=O)NCC(C)(C)N1CCCC(CC)C1. The molecule has 1 aliphatic rings. The Balaban J connectivity index is 2.54. The number of hydrogen-bond donors (Lipinski definition) is 2. The molecule has 4 nitrogen and oxygen atoms in total. The molecule has 1 fully saturated rings. The molecule has 3 N–H and O–H groups in total. The van der Waals surface area contributed by atoms with Crippen molar-refractivity contribution in [3.8, 4) is 0 Å². The van der Waals surface area contributed by atoms with E-state index in [1.165, 1.54) is 19.3 Å². The quantitative estimate of drug-likeness (QED) is 0.759. The van der Waals surface area contributed by atoms with Gasteiger partial charge in [-0.25, -0.2) is 0 Å². The van der Waals surface area contributed by atoms with Crippen LogP contribution in [0.15, 0.2) is 0 Å². The molecule has 0 bridgehead atoms. The van der Waals surface area contributed by atoms with Crippen molar-refractivity contribution in [2.45, 2.75) is 77.8 Å². The van der Waals surface area contributed by atoms with Gasteiger partial charge in [0.2, 0.25) is 5.91 Å². The van der Waals surface area contributed by atoms with E-state index in [0.29, 0.717) is 6.54 Å². The Morgan fingerprint density at radius 2 is 2.00 bits per heavy atom. The predicted molar refractivity (Wildman–Crippen MR) is 89.2 cm³/mol. The first-order valence-electron chi connectivity index (χ1n) is 8.55. The summed E-state index contributed by atoms with van der Waals surface area (Å²) in [5.41, 5.74) is 5.34. The number of amides is 1. The minimum absolute atomic E-state index is 0.00814. The lowest BCUT2D eigenvalue weighted by molar-refractivity contribution is -0.126. The number of piperidine rings is 1. The Labute approximate surface area is 130 Å². The Kier molecular flexibility index (Phi) is 6.67. The van der Waals surface area contributed by atoms with Crippen LogP contribution in [0.1, 0.15) is 66.7 Å². The summed E-state index contributed by atoms with van der Waals surface area (Å²) >= 11 is 0. The first-order chi connectivity index (χ1) is 9.73. The summed E-state index contributed by atoms with van der Waals surface area (Å²) < 4.78 is 0. The van der Waals surface area contributed by atoms with Crippen molar-refractivity contribution in [3.05, 3.63) is 0 Å². The molecule has 0 aromatic heterocycles. The van der Waals surface area contributed by atoms with Crippen LogP contribution in [-0.4, -0.2) is 41.5 Å². The zero-order chi connectivity index (χ0) is 16.1. The van der Waals surface area contributed by atoms with Crippen LogP contribution < -0.4 is 11.1 Å². The molecule has 1 amide bonds. The smallest absolute Gasteiger partial charge is 0.239 e. The van der Waals surface area contributed by atoms with Crippen molar-refractivity contribution in [1.82, 2.24) is 10.2 Å². The highest BCUT2D eigenvalue weighted by Gasteiger charge is 2.33. The molecule has 124 valence electrons. The predicted octanol–water partition coefficient (Wildman–Crippen LogP) is 2.52. The number of carbonyl (C=O) groups is 1. The lowest BCUT2D eigenvalue weighted by Crippen LogP contribution is -2.58. The zero-order valence-electron chi connectivity index (χ0n) is 14.7. The van der Waals surface area contributed by atoms with Crippen LogP contribution in [0, 0.1) is 5.92 Å². The summed E-state index contributed by atoms with van der Waals surface area (Å²) in [5.74, 6) is 0.773. The third kappa shape index (κ3) is 5.26. The van der Waals surface area contributed by atoms with Crippen LogP contribution in [0.3, 0.4) is 0 Å². The molecule has 2 unspecified atom stereocenters. The number of nitrogens with two attached hydrogens (primary N) is 1. The van der Waals surface area contributed by atoms with E-state index in [4.69, 9.17) is 5.73 Å². The standard InChI is InChI=1S/C17H35N3O/c1-6-10-17(5,18)15(21)19-13-16(3,4)20-11-8-9-14(7-2)12-20/h14H,6-13,18H2,1-5H3,(H,19,21). The van der Waals surface area contributed by atoms with Crippen molar-refractivity contribution in [1.29, 1.82) is 0 Å². The van der Waals surface area contributed by atoms with E-state index in [9.17, 15) is 4.79 Å². The van der Waals surface area contributed by atoms with Gasteiger partial charge in [0.05, 0.1) is 5.54 Å². The summed E-state index contributed by atoms with van der Waals surface area (Å²) in [6, 6.07) is 0. The average molecular weight is 297 g/mol. The van der Waals surface area contributed by atoms with Gasteiger partial charge in [0.15, 0.2) is 0 Å². The zero-order valence-corrected chi connectivity index (χ0v) is 14.7. The van der Waals surface area contributed by atoms with Gasteiger partial charge < -0.3 is 11.1 Å². The molecule has 21 heavy (non-hydrogen) atoms. The fraction of sp³-hybridized carbons (Fsp3) is 0.941. The monoisotopic (exact) mass is 297 g/mol. The Morgan fingerprint density at radius 3 is 2.57 bits per heavy atom. The van der Waals surface area contributed by atoms with Gasteiger partial charge in [0, 0.05) is 18.6 Å². The molecule has 1 rings (SSSR count). The first kappa shape index (κ1) is 18.4. The summed E-state index contributed by atoms with van der Waals surface area (Å²) in [4.78, 5) is 14.8. The topological polar surface area (TPSA) is 58.4 Å². The second-order valence-corrected chi connectivity index (χ2v) is 7.53. The molecule has 0 radical (unpaired) electrons. The normalized spacial score (nSPS) is 23.6. The molecule has 0 spiro atoms. The Morgan fingerprint density at radius 1 is 1.33 bits per heavy atom. The fourth-order valence-corrected chi connectivity index (χ4v) is 3.19. The van der Waals surface area contributed by atoms with Crippen molar-refractivity contribution in [2.75, 3.05) is 19.6 Å². The highest BCUT2D eigenvalue weighted by atomic mass is 16.2. The Hall–Kier alpha value is -0.610. The highest BCUT2D eigenvalue weighted by molar-refractivity contribution is 5.85. The van der Waals surface area contributed by atoms with Crippen LogP contribution in [0.4, 0.5) is 0 Å². The number of hydrogen-bond acceptors (Lipinski definition) is 3. The largest absolute Gasteiger partial charge is 0.353 e. The lowest BCUT2D eigenvalue weighted by Gasteiger charge is -2.44. The molecular weight excluding hydrogens is 262 g/mol. The van der Waals surface area contributed by atoms with Crippen molar-refractivity contribution < 1.29 is 4.79 Å². The van der Waals surface area contributed by atoms with Gasteiger partial charge in [0.1, 0.15) is 0 Å². The third-order valence-electron chi connectivity index (χ3n) is 4.92. The molecule has 0 aromatic rings. The van der Waals surface area contributed by atoms with Crippen LogP contribution in [0.5, 0.6) is 0 Å². The number of nitrogens with zero attached hydrogens (tertiary/aromatic N) is 1. The molecule has 1 aliphatic heterocycles. The van der Waals surface area contributed by atoms with Gasteiger partial charge in [-0.05, 0) is 52.5 Å². The minimum atomic E-state index is -0.751. The van der Waals surface area contributed by atoms with E-state index in [-0.39, 0.29) is 11.4 Å². The maximum absolute atomic E-state index is 12.3. The number of carbonyl (C=O) groups excluding carboxylic acids is 1. The maximum atomic E-state index is 12.3.